The van der Waals surface area contributed by atoms with Gasteiger partial charge in [0.05, 0.1) is 11.4 Å². The smallest absolute Gasteiger partial charge is 0.406 e. The van der Waals surface area contributed by atoms with Crippen molar-refractivity contribution in [1.29, 1.82) is 0 Å². The van der Waals surface area contributed by atoms with Crippen molar-refractivity contribution in [2.75, 3.05) is 5.32 Å². The first-order valence-electron chi connectivity index (χ1n) is 7.88. The largest absolute Gasteiger partial charge is 0.573 e. The number of anilines is 1. The Morgan fingerprint density at radius 2 is 1.73 bits per heavy atom. The molecule has 0 saturated heterocycles. The van der Waals surface area contributed by atoms with Crippen molar-refractivity contribution >= 4 is 46.4 Å². The van der Waals surface area contributed by atoms with Crippen LogP contribution >= 0.6 is 34.8 Å². The van der Waals surface area contributed by atoms with Crippen LogP contribution in [0, 0.1) is 5.82 Å². The van der Waals surface area contributed by atoms with Gasteiger partial charge in [0, 0.05) is 5.56 Å². The lowest BCUT2D eigenvalue weighted by atomic mass is 10.2. The summed E-state index contributed by atoms with van der Waals surface area (Å²) < 4.78 is 53.8. The van der Waals surface area contributed by atoms with Gasteiger partial charge in [0.1, 0.15) is 17.9 Å². The number of nitrogens with one attached hydrogen (secondary N) is 1. The third kappa shape index (κ3) is 5.53. The van der Waals surface area contributed by atoms with Crippen molar-refractivity contribution in [1.82, 2.24) is 14.8 Å². The van der Waals surface area contributed by atoms with Gasteiger partial charge in [-0.05, 0) is 42.5 Å². The van der Waals surface area contributed by atoms with Crippen molar-refractivity contribution < 1.29 is 27.1 Å². The second-order valence-corrected chi connectivity index (χ2v) is 7.98. The molecule has 30 heavy (non-hydrogen) atoms. The number of carbonyl (C=O) groups excluding carboxylic acids is 1. The molecule has 1 aromatic heterocycles. The van der Waals surface area contributed by atoms with Gasteiger partial charge >= 0.3 is 6.36 Å². The SMILES string of the molecule is O=C(Nc1ccc(-c2ncn(-c3ccc(OC(F)(F)F)cc3)n2)cc1F)C(Cl)(Cl)Cl. The van der Waals surface area contributed by atoms with E-state index in [1.54, 1.807) is 0 Å². The van der Waals surface area contributed by atoms with Gasteiger partial charge in [-0.25, -0.2) is 14.1 Å². The van der Waals surface area contributed by atoms with E-state index < -0.39 is 21.9 Å². The molecule has 0 aliphatic rings. The zero-order valence-electron chi connectivity index (χ0n) is 14.4. The molecular formula is C17H9Cl3F4N4O2. The first-order chi connectivity index (χ1) is 13.9. The van der Waals surface area contributed by atoms with E-state index in [9.17, 15) is 22.4 Å². The van der Waals surface area contributed by atoms with Crippen LogP contribution < -0.4 is 10.1 Å². The number of nitrogens with zero attached hydrogens (tertiary/aromatic N) is 3. The Morgan fingerprint density at radius 3 is 2.30 bits per heavy atom. The van der Waals surface area contributed by atoms with Crippen LogP contribution in [0.3, 0.4) is 0 Å². The second kappa shape index (κ2) is 8.29. The monoisotopic (exact) mass is 482 g/mol. The third-order valence-electron chi connectivity index (χ3n) is 3.56. The number of hydrogen-bond acceptors (Lipinski definition) is 4. The first kappa shape index (κ1) is 22.1. The molecule has 6 nitrogen and oxygen atoms in total. The Hall–Kier alpha value is -2.56. The van der Waals surface area contributed by atoms with E-state index in [1.807, 2.05) is 0 Å². The summed E-state index contributed by atoms with van der Waals surface area (Å²) in [7, 11) is 0. The van der Waals surface area contributed by atoms with Gasteiger partial charge in [-0.2, -0.15) is 0 Å². The maximum atomic E-state index is 14.3. The molecule has 0 unspecified atom stereocenters. The Kier molecular flexibility index (Phi) is 6.11. The van der Waals surface area contributed by atoms with E-state index in [2.05, 4.69) is 20.1 Å². The molecule has 1 N–H and O–H groups in total. The van der Waals surface area contributed by atoms with Crippen LogP contribution in [0.2, 0.25) is 0 Å². The normalized spacial score (nSPS) is 12.0. The van der Waals surface area contributed by atoms with Gasteiger partial charge in [0.2, 0.25) is 0 Å². The molecule has 0 saturated carbocycles. The summed E-state index contributed by atoms with van der Waals surface area (Å²) >= 11 is 16.3. The topological polar surface area (TPSA) is 69.0 Å². The summed E-state index contributed by atoms with van der Waals surface area (Å²) in [6.45, 7) is 0. The van der Waals surface area contributed by atoms with Crippen molar-refractivity contribution in [3.8, 4) is 22.8 Å². The highest BCUT2D eigenvalue weighted by atomic mass is 35.6. The molecule has 0 aliphatic carbocycles. The average molecular weight is 484 g/mol. The minimum Gasteiger partial charge on any atom is -0.406 e. The average Bonchev–Trinajstić information content (AvgIpc) is 3.12. The molecule has 1 heterocycles. The van der Waals surface area contributed by atoms with Crippen molar-refractivity contribution in [2.24, 2.45) is 0 Å². The predicted octanol–water partition coefficient (Wildman–Crippen LogP) is 5.28. The number of ether oxygens (including phenoxy) is 1. The highest BCUT2D eigenvalue weighted by molar-refractivity contribution is 6.76. The van der Waals surface area contributed by atoms with Crippen LogP contribution in [0.15, 0.2) is 48.8 Å². The molecule has 2 aromatic carbocycles. The van der Waals surface area contributed by atoms with Crippen molar-refractivity contribution in [3.05, 3.63) is 54.6 Å². The van der Waals surface area contributed by atoms with Crippen LogP contribution in [-0.2, 0) is 4.79 Å². The van der Waals surface area contributed by atoms with Gasteiger partial charge in [-0.3, -0.25) is 4.79 Å². The fourth-order valence-corrected chi connectivity index (χ4v) is 2.41. The molecule has 3 aromatic rings. The van der Waals surface area contributed by atoms with Crippen molar-refractivity contribution in [2.45, 2.75) is 10.2 Å². The minimum atomic E-state index is -4.80. The Morgan fingerprint density at radius 1 is 1.07 bits per heavy atom. The summed E-state index contributed by atoms with van der Waals surface area (Å²) in [6, 6.07) is 8.65. The van der Waals surface area contributed by atoms with Gasteiger partial charge in [0.25, 0.3) is 9.70 Å². The number of aromatic nitrogens is 3. The lowest BCUT2D eigenvalue weighted by molar-refractivity contribution is -0.274. The molecule has 0 radical (unpaired) electrons. The molecular weight excluding hydrogens is 475 g/mol. The molecule has 0 spiro atoms. The Balaban J connectivity index is 1.77. The summed E-state index contributed by atoms with van der Waals surface area (Å²) in [4.78, 5) is 15.7. The number of carbonyl (C=O) groups is 1. The predicted molar refractivity (Wildman–Crippen MR) is 102 cm³/mol. The maximum Gasteiger partial charge on any atom is 0.573 e. The number of benzene rings is 2. The zero-order valence-corrected chi connectivity index (χ0v) is 16.7. The number of alkyl halides is 6. The Bertz CT molecular complexity index is 1070. The van der Waals surface area contributed by atoms with E-state index >= 15 is 0 Å². The summed E-state index contributed by atoms with van der Waals surface area (Å²) in [6.07, 6.45) is -3.50. The van der Waals surface area contributed by atoms with Crippen LogP contribution in [-0.4, -0.2) is 30.8 Å². The van der Waals surface area contributed by atoms with Gasteiger partial charge in [-0.15, -0.1) is 18.3 Å². The lowest BCUT2D eigenvalue weighted by Crippen LogP contribution is -2.27. The van der Waals surface area contributed by atoms with Crippen molar-refractivity contribution in [3.63, 3.8) is 0 Å². The fraction of sp³-hybridized carbons (Fsp3) is 0.118. The third-order valence-corrected chi connectivity index (χ3v) is 4.07. The molecule has 0 atom stereocenters. The van der Waals surface area contributed by atoms with Gasteiger partial charge in [0.15, 0.2) is 5.82 Å². The highest BCUT2D eigenvalue weighted by Gasteiger charge is 2.32. The number of rotatable bonds is 4. The van der Waals surface area contributed by atoms with Crippen LogP contribution in [0.4, 0.5) is 23.2 Å². The summed E-state index contributed by atoms with van der Waals surface area (Å²) in [5.74, 6) is -2.11. The molecule has 1 amide bonds. The summed E-state index contributed by atoms with van der Waals surface area (Å²) in [5, 5.41) is 6.28. The van der Waals surface area contributed by atoms with Gasteiger partial charge < -0.3 is 10.1 Å². The molecule has 13 heteroatoms. The standard InChI is InChI=1S/C17H9Cl3F4N4O2/c18-16(19,20)15(29)26-13-6-1-9(7-12(13)21)14-25-8-28(27-14)10-2-4-11(5-3-10)30-17(22,23)24/h1-8H,(H,26,29). The zero-order chi connectivity index (χ0) is 22.1. The molecule has 0 aliphatic heterocycles. The van der Waals surface area contributed by atoms with Crippen LogP contribution in [0.1, 0.15) is 0 Å². The fourth-order valence-electron chi connectivity index (χ4n) is 2.27. The summed E-state index contributed by atoms with van der Waals surface area (Å²) in [5.41, 5.74) is 0.459. The second-order valence-electron chi connectivity index (χ2n) is 5.70. The van der Waals surface area contributed by atoms with Crippen LogP contribution in [0.5, 0.6) is 5.75 Å². The minimum absolute atomic E-state index is 0.128. The van der Waals surface area contributed by atoms with Gasteiger partial charge in [-0.1, -0.05) is 34.8 Å². The molecule has 158 valence electrons. The molecule has 0 fully saturated rings. The van der Waals surface area contributed by atoms with E-state index in [1.165, 1.54) is 35.3 Å². The number of halogens is 7. The van der Waals surface area contributed by atoms with E-state index in [0.29, 0.717) is 5.69 Å². The van der Waals surface area contributed by atoms with Crippen LogP contribution in [0.25, 0.3) is 17.1 Å². The van der Waals surface area contributed by atoms with E-state index in [4.69, 9.17) is 34.8 Å². The quantitative estimate of drug-likeness (QED) is 0.405. The van der Waals surface area contributed by atoms with E-state index in [0.717, 1.165) is 18.2 Å². The van der Waals surface area contributed by atoms with E-state index in [-0.39, 0.29) is 22.8 Å². The Labute approximate surface area is 181 Å². The number of hydrogen-bond donors (Lipinski definition) is 1. The molecule has 0 bridgehead atoms. The highest BCUT2D eigenvalue weighted by Crippen LogP contribution is 2.29. The number of amides is 1. The first-order valence-corrected chi connectivity index (χ1v) is 9.02. The lowest BCUT2D eigenvalue weighted by Gasteiger charge is -2.12. The maximum absolute atomic E-state index is 14.3. The molecule has 3 rings (SSSR count).